The third-order valence-corrected chi connectivity index (χ3v) is 11.4. The zero-order valence-corrected chi connectivity index (χ0v) is 26.7. The van der Waals surface area contributed by atoms with Gasteiger partial charge in [-0.2, -0.15) is 0 Å². The summed E-state index contributed by atoms with van der Waals surface area (Å²) in [6.07, 6.45) is 6.21. The van der Waals surface area contributed by atoms with E-state index in [4.69, 9.17) is 46.9 Å². The number of carbonyl (C=O) groups excluding carboxylic acids is 1. The Kier molecular flexibility index (Phi) is 7.58. The first-order valence-corrected chi connectivity index (χ1v) is 17.0. The SMILES string of the molecule is COC(=O)c1cc(C2CCOCC2)c2nc(N3C[C@@H]4C[C@H]3C[C@H]4OCc3c(-c4c(Cl)cccc4Cl)noc3C3CC3)sc2c1. The molecule has 2 saturated heterocycles. The number of carbonyl (C=O) groups is 1. The number of nitrogens with zero attached hydrogens (tertiary/aromatic N) is 3. The summed E-state index contributed by atoms with van der Waals surface area (Å²) in [6.45, 7) is 2.78. The number of aromatic nitrogens is 2. The van der Waals surface area contributed by atoms with Crippen LogP contribution in [0.2, 0.25) is 10.0 Å². The van der Waals surface area contributed by atoms with Crippen LogP contribution in [-0.2, 0) is 20.8 Å². The second-order valence-corrected chi connectivity index (χ2v) is 14.2. The van der Waals surface area contributed by atoms with Gasteiger partial charge < -0.3 is 23.6 Å². The molecule has 44 heavy (non-hydrogen) atoms. The number of ether oxygens (including phenoxy) is 3. The van der Waals surface area contributed by atoms with E-state index in [1.807, 2.05) is 30.3 Å². The molecule has 8 nitrogen and oxygen atoms in total. The summed E-state index contributed by atoms with van der Waals surface area (Å²) in [5.41, 5.74) is 5.09. The van der Waals surface area contributed by atoms with Crippen LogP contribution in [0.25, 0.3) is 21.5 Å². The molecule has 0 spiro atoms. The second kappa shape index (κ2) is 11.6. The average Bonchev–Trinajstić information content (AvgIpc) is 3.34. The second-order valence-electron chi connectivity index (χ2n) is 12.4. The first kappa shape index (κ1) is 28.8. The van der Waals surface area contributed by atoms with Crippen LogP contribution in [0.15, 0.2) is 34.9 Å². The Hall–Kier alpha value is -2.69. The minimum absolute atomic E-state index is 0.144. The molecule has 0 amide bonds. The van der Waals surface area contributed by atoms with E-state index in [1.54, 1.807) is 11.3 Å². The number of anilines is 1. The van der Waals surface area contributed by atoms with Gasteiger partial charge in [0.25, 0.3) is 0 Å². The monoisotopic (exact) mass is 653 g/mol. The lowest BCUT2D eigenvalue weighted by Crippen LogP contribution is -2.38. The summed E-state index contributed by atoms with van der Waals surface area (Å²) in [4.78, 5) is 20.2. The fraction of sp³-hybridized carbons (Fsp3) is 0.485. The zero-order chi connectivity index (χ0) is 29.9. The molecule has 2 saturated carbocycles. The molecular formula is C33H33Cl2N3O5S. The van der Waals surface area contributed by atoms with Crippen LogP contribution in [-0.4, -0.2) is 55.1 Å². The highest BCUT2D eigenvalue weighted by Crippen LogP contribution is 2.48. The predicted octanol–water partition coefficient (Wildman–Crippen LogP) is 8.00. The summed E-state index contributed by atoms with van der Waals surface area (Å²) in [7, 11) is 1.43. The van der Waals surface area contributed by atoms with Crippen molar-refractivity contribution in [3.05, 3.63) is 62.8 Å². The minimum Gasteiger partial charge on any atom is -0.465 e. The average molecular weight is 655 g/mol. The molecule has 2 aromatic heterocycles. The topological polar surface area (TPSA) is 86.9 Å². The number of rotatable bonds is 8. The quantitative estimate of drug-likeness (QED) is 0.177. The van der Waals surface area contributed by atoms with Gasteiger partial charge in [-0.15, -0.1) is 0 Å². The maximum atomic E-state index is 12.5. The molecule has 11 heteroatoms. The molecule has 2 aromatic carbocycles. The molecule has 2 aliphatic carbocycles. The fourth-order valence-electron chi connectivity index (χ4n) is 7.31. The van der Waals surface area contributed by atoms with Gasteiger partial charge in [-0.25, -0.2) is 9.78 Å². The van der Waals surface area contributed by atoms with Gasteiger partial charge in [-0.1, -0.05) is 45.8 Å². The molecule has 4 aromatic rings. The Morgan fingerprint density at radius 2 is 1.89 bits per heavy atom. The Labute approximate surface area is 269 Å². The van der Waals surface area contributed by atoms with Crippen molar-refractivity contribution in [1.29, 1.82) is 0 Å². The largest absolute Gasteiger partial charge is 0.465 e. The van der Waals surface area contributed by atoms with E-state index in [0.29, 0.717) is 57.3 Å². The fourth-order valence-corrected chi connectivity index (χ4v) is 9.00. The van der Waals surface area contributed by atoms with Crippen molar-refractivity contribution >= 4 is 55.9 Å². The van der Waals surface area contributed by atoms with Crippen LogP contribution < -0.4 is 4.90 Å². The number of esters is 1. The van der Waals surface area contributed by atoms with Crippen molar-refractivity contribution < 1.29 is 23.5 Å². The van der Waals surface area contributed by atoms with E-state index in [-0.39, 0.29) is 12.1 Å². The minimum atomic E-state index is -0.312. The van der Waals surface area contributed by atoms with Crippen molar-refractivity contribution in [2.75, 3.05) is 31.8 Å². The number of benzene rings is 2. The molecule has 8 rings (SSSR count). The number of methoxy groups -OCH3 is 1. The Bertz CT molecular complexity index is 1710. The Morgan fingerprint density at radius 1 is 1.09 bits per heavy atom. The summed E-state index contributed by atoms with van der Waals surface area (Å²) in [6, 6.07) is 9.77. The molecular weight excluding hydrogens is 621 g/mol. The van der Waals surface area contributed by atoms with E-state index < -0.39 is 0 Å². The standard InChI is InChI=1S/C33H33Cl2N3O5S/c1-40-32(39)19-12-22(17-7-9-41-10-8-17)29-27(13-19)44-33(36-29)38-15-20-11-21(38)14-26(20)42-16-23-30(37-43-31(23)18-5-6-18)28-24(34)3-2-4-25(28)35/h2-4,12-13,17-18,20-21,26H,5-11,14-16H2,1H3/t20-,21-,26+/m0/s1. The summed E-state index contributed by atoms with van der Waals surface area (Å²) < 4.78 is 24.2. The highest BCUT2D eigenvalue weighted by atomic mass is 35.5. The Morgan fingerprint density at radius 3 is 2.59 bits per heavy atom. The molecule has 0 unspecified atom stereocenters. The van der Waals surface area contributed by atoms with Crippen LogP contribution in [0.4, 0.5) is 5.13 Å². The lowest BCUT2D eigenvalue weighted by Gasteiger charge is -2.31. The van der Waals surface area contributed by atoms with E-state index >= 15 is 0 Å². The van der Waals surface area contributed by atoms with Crippen LogP contribution in [0.1, 0.15) is 77.6 Å². The van der Waals surface area contributed by atoms with Crippen LogP contribution in [0, 0.1) is 5.92 Å². The smallest absolute Gasteiger partial charge is 0.337 e. The molecule has 0 N–H and O–H groups in total. The van der Waals surface area contributed by atoms with Gasteiger partial charge in [0.05, 0.1) is 45.6 Å². The lowest BCUT2D eigenvalue weighted by molar-refractivity contribution is 0.0122. The van der Waals surface area contributed by atoms with Gasteiger partial charge in [-0.3, -0.25) is 0 Å². The molecule has 3 atom stereocenters. The highest BCUT2D eigenvalue weighted by Gasteiger charge is 2.47. The molecule has 0 radical (unpaired) electrons. The molecule has 4 aliphatic rings. The van der Waals surface area contributed by atoms with E-state index in [0.717, 1.165) is 90.5 Å². The maximum Gasteiger partial charge on any atom is 0.337 e. The van der Waals surface area contributed by atoms with Crippen LogP contribution >= 0.6 is 34.5 Å². The first-order valence-electron chi connectivity index (χ1n) is 15.4. The molecule has 4 heterocycles. The van der Waals surface area contributed by atoms with Gasteiger partial charge in [0.15, 0.2) is 5.13 Å². The van der Waals surface area contributed by atoms with Crippen molar-refractivity contribution in [2.24, 2.45) is 5.92 Å². The van der Waals surface area contributed by atoms with Gasteiger partial charge >= 0.3 is 5.97 Å². The number of thiazole rings is 1. The van der Waals surface area contributed by atoms with Gasteiger partial charge in [0.1, 0.15) is 11.5 Å². The molecule has 230 valence electrons. The highest BCUT2D eigenvalue weighted by molar-refractivity contribution is 7.22. The molecule has 4 fully saturated rings. The third kappa shape index (κ3) is 5.10. The van der Waals surface area contributed by atoms with E-state index in [1.165, 1.54) is 7.11 Å². The van der Waals surface area contributed by atoms with Crippen LogP contribution in [0.5, 0.6) is 0 Å². The van der Waals surface area contributed by atoms with Crippen molar-refractivity contribution in [3.8, 4) is 11.3 Å². The van der Waals surface area contributed by atoms with Crippen molar-refractivity contribution in [3.63, 3.8) is 0 Å². The van der Waals surface area contributed by atoms with E-state index in [2.05, 4.69) is 10.1 Å². The van der Waals surface area contributed by atoms with Gasteiger partial charge in [0.2, 0.25) is 0 Å². The van der Waals surface area contributed by atoms with E-state index in [9.17, 15) is 4.79 Å². The number of hydrogen-bond donors (Lipinski definition) is 0. The Balaban J connectivity index is 1.02. The maximum absolute atomic E-state index is 12.5. The number of piperidine rings is 1. The van der Waals surface area contributed by atoms with Crippen molar-refractivity contribution in [2.45, 2.75) is 69.1 Å². The summed E-state index contributed by atoms with van der Waals surface area (Å²) in [5, 5.41) is 6.55. The first-order chi connectivity index (χ1) is 21.5. The number of halogens is 2. The predicted molar refractivity (Wildman–Crippen MR) is 170 cm³/mol. The van der Waals surface area contributed by atoms with Crippen LogP contribution in [0.3, 0.4) is 0 Å². The van der Waals surface area contributed by atoms with Gasteiger partial charge in [-0.05, 0) is 74.3 Å². The van der Waals surface area contributed by atoms with Gasteiger partial charge in [0, 0.05) is 48.8 Å². The van der Waals surface area contributed by atoms with Crippen molar-refractivity contribution in [1.82, 2.24) is 10.1 Å². The normalized spacial score (nSPS) is 23.6. The summed E-state index contributed by atoms with van der Waals surface area (Å²) >= 11 is 14.8. The molecule has 2 bridgehead atoms. The number of fused-ring (bicyclic) bond motifs is 3. The zero-order valence-electron chi connectivity index (χ0n) is 24.4. The molecule has 2 aliphatic heterocycles. The lowest BCUT2D eigenvalue weighted by atomic mass is 9.90. The number of hydrogen-bond acceptors (Lipinski definition) is 9. The third-order valence-electron chi connectivity index (χ3n) is 9.73. The summed E-state index contributed by atoms with van der Waals surface area (Å²) in [5.74, 6) is 1.71.